The molecule has 1 aliphatic rings. The van der Waals surface area contributed by atoms with Crippen LogP contribution in [-0.2, 0) is 11.3 Å². The van der Waals surface area contributed by atoms with Crippen LogP contribution in [0.25, 0.3) is 0 Å². The Hall–Kier alpha value is -1.60. The summed E-state index contributed by atoms with van der Waals surface area (Å²) in [5, 5.41) is 0. The summed E-state index contributed by atoms with van der Waals surface area (Å²) >= 11 is 1.70. The molecule has 0 radical (unpaired) electrons. The molecule has 0 aromatic carbocycles. The third-order valence-corrected chi connectivity index (χ3v) is 5.08. The first-order valence-electron chi connectivity index (χ1n) is 7.93. The van der Waals surface area contributed by atoms with Gasteiger partial charge in [-0.15, -0.1) is 11.3 Å². The highest BCUT2D eigenvalue weighted by atomic mass is 32.1. The second-order valence-electron chi connectivity index (χ2n) is 6.27. The molecule has 1 unspecified atom stereocenters. The van der Waals surface area contributed by atoms with Crippen LogP contribution in [0, 0.1) is 6.92 Å². The van der Waals surface area contributed by atoms with Crippen LogP contribution in [0.15, 0.2) is 12.1 Å². The van der Waals surface area contributed by atoms with E-state index in [4.69, 9.17) is 5.73 Å². The lowest BCUT2D eigenvalue weighted by Gasteiger charge is -2.30. The number of rotatable bonds is 6. The number of likely N-dealkylation sites (tertiary alicyclic amines) is 1. The van der Waals surface area contributed by atoms with E-state index >= 15 is 0 Å². The first-order valence-corrected chi connectivity index (χ1v) is 8.75. The van der Waals surface area contributed by atoms with Gasteiger partial charge in [0.2, 0.25) is 5.91 Å². The molecule has 1 aromatic heterocycles. The Balaban J connectivity index is 2.11. The van der Waals surface area contributed by atoms with Crippen LogP contribution in [0.2, 0.25) is 0 Å². The molecule has 2 rings (SSSR count). The van der Waals surface area contributed by atoms with Crippen LogP contribution >= 0.6 is 11.3 Å². The van der Waals surface area contributed by atoms with Gasteiger partial charge in [-0.25, -0.2) is 4.79 Å². The standard InChI is InChI=1S/C16H26N4O2S/c1-12-6-7-13(23-12)11-19(10-9-18(2)3)15(21)14-5-4-8-20(14)16(17)22/h6-7,14H,4-5,8-11H2,1-3H3,(H2,17,22). The molecule has 0 bridgehead atoms. The van der Waals surface area contributed by atoms with E-state index in [1.807, 2.05) is 19.0 Å². The highest BCUT2D eigenvalue weighted by Crippen LogP contribution is 2.22. The lowest BCUT2D eigenvalue weighted by Crippen LogP contribution is -2.50. The van der Waals surface area contributed by atoms with Crippen LogP contribution in [-0.4, -0.2) is 66.4 Å². The zero-order chi connectivity index (χ0) is 17.0. The van der Waals surface area contributed by atoms with Crippen molar-refractivity contribution in [2.75, 3.05) is 33.7 Å². The Morgan fingerprint density at radius 3 is 2.65 bits per heavy atom. The van der Waals surface area contributed by atoms with E-state index in [0.29, 0.717) is 26.1 Å². The molecule has 128 valence electrons. The van der Waals surface area contributed by atoms with Gasteiger partial charge in [-0.2, -0.15) is 0 Å². The van der Waals surface area contributed by atoms with E-state index in [1.165, 1.54) is 14.7 Å². The third kappa shape index (κ3) is 4.68. The number of carbonyl (C=O) groups is 2. The second-order valence-corrected chi connectivity index (χ2v) is 7.64. The minimum atomic E-state index is -0.500. The number of likely N-dealkylation sites (N-methyl/N-ethyl adjacent to an activating group) is 1. The summed E-state index contributed by atoms with van der Waals surface area (Å²) in [5.74, 6) is 0.00852. The van der Waals surface area contributed by atoms with Gasteiger partial charge >= 0.3 is 6.03 Å². The van der Waals surface area contributed by atoms with Gasteiger partial charge < -0.3 is 20.4 Å². The van der Waals surface area contributed by atoms with Crippen molar-refractivity contribution >= 4 is 23.3 Å². The molecule has 1 aromatic rings. The predicted octanol–water partition coefficient (Wildman–Crippen LogP) is 1.49. The highest BCUT2D eigenvalue weighted by molar-refractivity contribution is 7.11. The normalized spacial score (nSPS) is 17.7. The lowest BCUT2D eigenvalue weighted by molar-refractivity contribution is -0.135. The Kier molecular flexibility index (Phi) is 6.01. The maximum absolute atomic E-state index is 12.9. The van der Waals surface area contributed by atoms with Gasteiger partial charge in [0.05, 0.1) is 6.54 Å². The topological polar surface area (TPSA) is 69.9 Å². The fourth-order valence-electron chi connectivity index (χ4n) is 2.84. The zero-order valence-corrected chi connectivity index (χ0v) is 14.9. The molecule has 2 heterocycles. The summed E-state index contributed by atoms with van der Waals surface area (Å²) in [4.78, 5) is 32.3. The fourth-order valence-corrected chi connectivity index (χ4v) is 3.75. The van der Waals surface area contributed by atoms with Gasteiger partial charge in [0, 0.05) is 29.4 Å². The molecule has 3 amide bonds. The van der Waals surface area contributed by atoms with E-state index in [0.717, 1.165) is 13.0 Å². The van der Waals surface area contributed by atoms with Gasteiger partial charge in [0.25, 0.3) is 0 Å². The molecule has 1 fully saturated rings. The maximum atomic E-state index is 12.9. The molecule has 2 N–H and O–H groups in total. The minimum Gasteiger partial charge on any atom is -0.351 e. The number of aryl methyl sites for hydroxylation is 1. The predicted molar refractivity (Wildman–Crippen MR) is 92.3 cm³/mol. The van der Waals surface area contributed by atoms with Gasteiger partial charge in [-0.1, -0.05) is 0 Å². The average molecular weight is 338 g/mol. The van der Waals surface area contributed by atoms with E-state index in [2.05, 4.69) is 24.0 Å². The lowest BCUT2D eigenvalue weighted by atomic mass is 10.2. The van der Waals surface area contributed by atoms with Crippen molar-refractivity contribution in [2.24, 2.45) is 5.73 Å². The molecule has 0 spiro atoms. The van der Waals surface area contributed by atoms with Crippen molar-refractivity contribution in [3.63, 3.8) is 0 Å². The molecule has 23 heavy (non-hydrogen) atoms. The van der Waals surface area contributed by atoms with Crippen LogP contribution in [0.1, 0.15) is 22.6 Å². The second kappa shape index (κ2) is 7.79. The molecule has 1 saturated heterocycles. The summed E-state index contributed by atoms with van der Waals surface area (Å²) in [6, 6.07) is 3.23. The molecular weight excluding hydrogens is 312 g/mol. The number of thiophene rings is 1. The average Bonchev–Trinajstić information content (AvgIpc) is 3.11. The first kappa shape index (κ1) is 17.7. The molecule has 1 aliphatic heterocycles. The summed E-state index contributed by atoms with van der Waals surface area (Å²) in [6.45, 7) is 4.66. The van der Waals surface area contributed by atoms with Gasteiger partial charge in [-0.05, 0) is 46.0 Å². The molecule has 0 aliphatic carbocycles. The number of nitrogens with zero attached hydrogens (tertiary/aromatic N) is 3. The van der Waals surface area contributed by atoms with Gasteiger partial charge in [0.15, 0.2) is 0 Å². The van der Waals surface area contributed by atoms with Crippen molar-refractivity contribution in [1.29, 1.82) is 0 Å². The summed E-state index contributed by atoms with van der Waals surface area (Å²) in [5.41, 5.74) is 5.41. The molecule has 7 heteroatoms. The monoisotopic (exact) mass is 338 g/mol. The largest absolute Gasteiger partial charge is 0.351 e. The van der Waals surface area contributed by atoms with Crippen molar-refractivity contribution in [2.45, 2.75) is 32.4 Å². The Morgan fingerprint density at radius 1 is 1.35 bits per heavy atom. The van der Waals surface area contributed by atoms with Crippen molar-refractivity contribution in [3.8, 4) is 0 Å². The third-order valence-electron chi connectivity index (χ3n) is 4.09. The van der Waals surface area contributed by atoms with Gasteiger partial charge in [-0.3, -0.25) is 4.79 Å². The number of hydrogen-bond acceptors (Lipinski definition) is 4. The molecule has 0 saturated carbocycles. The molecule has 1 atom stereocenters. The fraction of sp³-hybridized carbons (Fsp3) is 0.625. The number of carbonyl (C=O) groups excluding carboxylic acids is 2. The maximum Gasteiger partial charge on any atom is 0.315 e. The highest BCUT2D eigenvalue weighted by Gasteiger charge is 2.35. The van der Waals surface area contributed by atoms with Crippen molar-refractivity contribution < 1.29 is 9.59 Å². The van der Waals surface area contributed by atoms with Crippen molar-refractivity contribution in [1.82, 2.24) is 14.7 Å². The zero-order valence-electron chi connectivity index (χ0n) is 14.1. The van der Waals surface area contributed by atoms with Crippen LogP contribution < -0.4 is 5.73 Å². The van der Waals surface area contributed by atoms with Crippen LogP contribution in [0.3, 0.4) is 0 Å². The summed E-state index contributed by atoms with van der Waals surface area (Å²) < 4.78 is 0. The number of primary amides is 1. The first-order chi connectivity index (χ1) is 10.9. The Labute approximate surface area is 141 Å². The molecule has 6 nitrogen and oxygen atoms in total. The summed E-state index contributed by atoms with van der Waals surface area (Å²) in [7, 11) is 3.98. The van der Waals surface area contributed by atoms with E-state index in [1.54, 1.807) is 11.3 Å². The van der Waals surface area contributed by atoms with E-state index < -0.39 is 12.1 Å². The van der Waals surface area contributed by atoms with Crippen LogP contribution in [0.4, 0.5) is 4.79 Å². The number of urea groups is 1. The summed E-state index contributed by atoms with van der Waals surface area (Å²) in [6.07, 6.45) is 1.53. The molecular formula is C16H26N4O2S. The number of amides is 3. The SMILES string of the molecule is Cc1ccc(CN(CCN(C)C)C(=O)C2CCCN2C(N)=O)s1. The van der Waals surface area contributed by atoms with Gasteiger partial charge in [0.1, 0.15) is 6.04 Å². The van der Waals surface area contributed by atoms with Crippen LogP contribution in [0.5, 0.6) is 0 Å². The Bertz CT molecular complexity index is 558. The smallest absolute Gasteiger partial charge is 0.315 e. The number of hydrogen-bond donors (Lipinski definition) is 1. The quantitative estimate of drug-likeness (QED) is 0.854. The van der Waals surface area contributed by atoms with E-state index in [9.17, 15) is 9.59 Å². The van der Waals surface area contributed by atoms with Crippen molar-refractivity contribution in [3.05, 3.63) is 21.9 Å². The van der Waals surface area contributed by atoms with E-state index in [-0.39, 0.29) is 5.91 Å². The Morgan fingerprint density at radius 2 is 2.09 bits per heavy atom. The minimum absolute atomic E-state index is 0.00852. The number of nitrogens with two attached hydrogens (primary N) is 1.